The van der Waals surface area contributed by atoms with Crippen molar-refractivity contribution in [2.24, 2.45) is 0 Å². The third-order valence-corrected chi connectivity index (χ3v) is 6.12. The summed E-state index contributed by atoms with van der Waals surface area (Å²) in [5.74, 6) is 4.41. The van der Waals surface area contributed by atoms with Crippen molar-refractivity contribution in [1.29, 1.82) is 0 Å². The smallest absolute Gasteiger partial charge is 0.228 e. The molecule has 0 atom stereocenters. The maximum atomic E-state index is 6.18. The average molecular weight is 407 g/mol. The van der Waals surface area contributed by atoms with Crippen LogP contribution in [0.5, 0.6) is 11.5 Å². The van der Waals surface area contributed by atoms with E-state index in [1.54, 1.807) is 19.4 Å². The van der Waals surface area contributed by atoms with Crippen molar-refractivity contribution in [3.8, 4) is 11.5 Å². The summed E-state index contributed by atoms with van der Waals surface area (Å²) in [4.78, 5) is 10.9. The van der Waals surface area contributed by atoms with E-state index in [0.29, 0.717) is 22.9 Å². The number of nitrogens with one attached hydrogen (secondary N) is 1. The minimum Gasteiger partial charge on any atom is -0.493 e. The van der Waals surface area contributed by atoms with Gasteiger partial charge in [0, 0.05) is 61.4 Å². The number of methoxy groups -OCH3 is 1. The van der Waals surface area contributed by atoms with E-state index in [1.807, 2.05) is 30.0 Å². The number of hydrogen-bond donors (Lipinski definition) is 1. The van der Waals surface area contributed by atoms with Crippen LogP contribution in [0.15, 0.2) is 30.5 Å². The van der Waals surface area contributed by atoms with Gasteiger partial charge in [0.1, 0.15) is 11.3 Å². The molecule has 2 aromatic rings. The van der Waals surface area contributed by atoms with Crippen LogP contribution < -0.4 is 14.8 Å². The quantitative estimate of drug-likeness (QED) is 0.731. The largest absolute Gasteiger partial charge is 0.493 e. The SMILES string of the molecule is COc1cc(Nc2nccc(Cl)n2)ccc1OC1CC(N2CCSCC2)C1. The second kappa shape index (κ2) is 8.54. The first-order valence-electron chi connectivity index (χ1n) is 9.13. The Morgan fingerprint density at radius 1 is 1.19 bits per heavy atom. The van der Waals surface area contributed by atoms with Gasteiger partial charge in [0.25, 0.3) is 0 Å². The lowest BCUT2D eigenvalue weighted by atomic mass is 9.87. The molecule has 2 aliphatic rings. The lowest BCUT2D eigenvalue weighted by Crippen LogP contribution is -2.51. The summed E-state index contributed by atoms with van der Waals surface area (Å²) < 4.78 is 11.7. The van der Waals surface area contributed by atoms with Gasteiger partial charge in [0.2, 0.25) is 5.95 Å². The molecule has 1 saturated carbocycles. The second-order valence-electron chi connectivity index (χ2n) is 6.71. The molecule has 4 rings (SSSR count). The molecule has 1 aromatic heterocycles. The van der Waals surface area contributed by atoms with Gasteiger partial charge in [-0.05, 0) is 18.2 Å². The van der Waals surface area contributed by atoms with Crippen LogP contribution in [0.2, 0.25) is 5.15 Å². The van der Waals surface area contributed by atoms with E-state index < -0.39 is 0 Å². The molecule has 1 N–H and O–H groups in total. The molecule has 0 unspecified atom stereocenters. The van der Waals surface area contributed by atoms with Gasteiger partial charge in [-0.15, -0.1) is 0 Å². The topological polar surface area (TPSA) is 59.5 Å². The van der Waals surface area contributed by atoms with E-state index in [9.17, 15) is 0 Å². The Hall–Kier alpha value is -1.70. The molecule has 6 nitrogen and oxygen atoms in total. The minimum atomic E-state index is 0.258. The summed E-state index contributed by atoms with van der Waals surface area (Å²) >= 11 is 7.95. The fourth-order valence-electron chi connectivity index (χ4n) is 3.42. The van der Waals surface area contributed by atoms with E-state index in [2.05, 4.69) is 20.2 Å². The van der Waals surface area contributed by atoms with Crippen molar-refractivity contribution >= 4 is 35.0 Å². The molecule has 0 radical (unpaired) electrons. The summed E-state index contributed by atoms with van der Waals surface area (Å²) in [5, 5.41) is 3.52. The highest BCUT2D eigenvalue weighted by atomic mass is 35.5. The fourth-order valence-corrected chi connectivity index (χ4v) is 4.49. The van der Waals surface area contributed by atoms with Gasteiger partial charge in [0.15, 0.2) is 11.5 Å². The summed E-state index contributed by atoms with van der Waals surface area (Å²) in [7, 11) is 1.65. The Kier molecular flexibility index (Phi) is 5.90. The van der Waals surface area contributed by atoms with Crippen LogP contribution in [0.4, 0.5) is 11.6 Å². The number of rotatable bonds is 6. The fraction of sp³-hybridized carbons (Fsp3) is 0.474. The van der Waals surface area contributed by atoms with E-state index in [-0.39, 0.29) is 6.10 Å². The molecule has 8 heteroatoms. The number of hydrogen-bond acceptors (Lipinski definition) is 7. The van der Waals surface area contributed by atoms with Crippen LogP contribution in [0.1, 0.15) is 12.8 Å². The van der Waals surface area contributed by atoms with Crippen LogP contribution in [-0.2, 0) is 0 Å². The average Bonchev–Trinajstić information content (AvgIpc) is 2.66. The van der Waals surface area contributed by atoms with Crippen LogP contribution in [-0.4, -0.2) is 58.7 Å². The maximum absolute atomic E-state index is 6.18. The van der Waals surface area contributed by atoms with E-state index in [0.717, 1.165) is 24.3 Å². The second-order valence-corrected chi connectivity index (χ2v) is 8.32. The Balaban J connectivity index is 1.36. The van der Waals surface area contributed by atoms with E-state index in [4.69, 9.17) is 21.1 Å². The first-order valence-corrected chi connectivity index (χ1v) is 10.7. The Morgan fingerprint density at radius 3 is 2.74 bits per heavy atom. The van der Waals surface area contributed by atoms with Gasteiger partial charge in [-0.3, -0.25) is 4.90 Å². The zero-order valence-electron chi connectivity index (χ0n) is 15.2. The van der Waals surface area contributed by atoms with E-state index in [1.165, 1.54) is 24.6 Å². The van der Waals surface area contributed by atoms with Gasteiger partial charge < -0.3 is 14.8 Å². The van der Waals surface area contributed by atoms with Crippen molar-refractivity contribution in [3.63, 3.8) is 0 Å². The number of halogens is 1. The lowest BCUT2D eigenvalue weighted by molar-refractivity contribution is 0.0204. The predicted molar refractivity (Wildman–Crippen MR) is 110 cm³/mol. The third kappa shape index (κ3) is 4.59. The highest BCUT2D eigenvalue weighted by Gasteiger charge is 2.36. The Labute approximate surface area is 168 Å². The number of ether oxygens (including phenoxy) is 2. The first kappa shape index (κ1) is 18.7. The Bertz CT molecular complexity index is 782. The molecule has 1 aliphatic carbocycles. The van der Waals surface area contributed by atoms with Crippen molar-refractivity contribution in [2.75, 3.05) is 37.0 Å². The molecule has 1 saturated heterocycles. The van der Waals surface area contributed by atoms with Gasteiger partial charge in [-0.2, -0.15) is 11.8 Å². The highest BCUT2D eigenvalue weighted by Crippen LogP contribution is 2.36. The molecule has 0 amide bonds. The molecule has 2 heterocycles. The van der Waals surface area contributed by atoms with Crippen LogP contribution in [0.25, 0.3) is 0 Å². The molecule has 2 fully saturated rings. The molecule has 0 spiro atoms. The standard InChI is InChI=1S/C19H23ClN4O2S/c1-25-17-10-13(22-19-21-5-4-18(20)23-19)2-3-16(17)26-15-11-14(12-15)24-6-8-27-9-7-24/h2-5,10,14-15H,6-9,11-12H2,1H3,(H,21,22,23). The van der Waals surface area contributed by atoms with Crippen molar-refractivity contribution in [3.05, 3.63) is 35.6 Å². The number of nitrogens with zero attached hydrogens (tertiary/aromatic N) is 3. The number of thioether (sulfide) groups is 1. The molecule has 1 aliphatic heterocycles. The van der Waals surface area contributed by atoms with Gasteiger partial charge in [0.05, 0.1) is 7.11 Å². The summed E-state index contributed by atoms with van der Waals surface area (Å²) in [6, 6.07) is 8.05. The Morgan fingerprint density at radius 2 is 2.00 bits per heavy atom. The first-order chi connectivity index (χ1) is 13.2. The minimum absolute atomic E-state index is 0.258. The van der Waals surface area contributed by atoms with Crippen LogP contribution >= 0.6 is 23.4 Å². The van der Waals surface area contributed by atoms with E-state index >= 15 is 0 Å². The van der Waals surface area contributed by atoms with Gasteiger partial charge >= 0.3 is 0 Å². The third-order valence-electron chi connectivity index (χ3n) is 4.97. The molecular weight excluding hydrogens is 384 g/mol. The van der Waals surface area contributed by atoms with Gasteiger partial charge in [-0.25, -0.2) is 9.97 Å². The number of aromatic nitrogens is 2. The summed E-state index contributed by atoms with van der Waals surface area (Å²) in [6.07, 6.45) is 4.04. The maximum Gasteiger partial charge on any atom is 0.228 e. The predicted octanol–water partition coefficient (Wildman–Crippen LogP) is 3.84. The zero-order valence-corrected chi connectivity index (χ0v) is 16.8. The molecule has 0 bridgehead atoms. The number of anilines is 2. The molecular formula is C19H23ClN4O2S. The summed E-state index contributed by atoms with van der Waals surface area (Å²) in [6.45, 7) is 2.41. The van der Waals surface area contributed by atoms with Crippen molar-refractivity contribution in [2.45, 2.75) is 25.0 Å². The molecule has 144 valence electrons. The highest BCUT2D eigenvalue weighted by molar-refractivity contribution is 7.99. The normalized spacial score (nSPS) is 22.7. The lowest BCUT2D eigenvalue weighted by Gasteiger charge is -2.44. The van der Waals surface area contributed by atoms with Gasteiger partial charge in [-0.1, -0.05) is 11.6 Å². The monoisotopic (exact) mass is 406 g/mol. The molecule has 1 aromatic carbocycles. The number of benzene rings is 1. The van der Waals surface area contributed by atoms with Crippen LogP contribution in [0, 0.1) is 0 Å². The van der Waals surface area contributed by atoms with Crippen molar-refractivity contribution < 1.29 is 9.47 Å². The van der Waals surface area contributed by atoms with Crippen LogP contribution in [0.3, 0.4) is 0 Å². The summed E-state index contributed by atoms with van der Waals surface area (Å²) in [5.41, 5.74) is 0.818. The zero-order chi connectivity index (χ0) is 18.6. The molecule has 27 heavy (non-hydrogen) atoms. The van der Waals surface area contributed by atoms with Crippen molar-refractivity contribution in [1.82, 2.24) is 14.9 Å².